The third-order valence-electron chi connectivity index (χ3n) is 4.63. The van der Waals surface area contributed by atoms with Crippen molar-refractivity contribution in [1.29, 1.82) is 0 Å². The Bertz CT molecular complexity index is 1220. The van der Waals surface area contributed by atoms with Crippen LogP contribution in [-0.4, -0.2) is 25.7 Å². The fraction of sp³-hybridized carbons (Fsp3) is 0.182. The van der Waals surface area contributed by atoms with Crippen molar-refractivity contribution in [3.8, 4) is 11.4 Å². The van der Waals surface area contributed by atoms with Gasteiger partial charge >= 0.3 is 0 Å². The predicted octanol–water partition coefficient (Wildman–Crippen LogP) is 5.37. The molecule has 2 aromatic heterocycles. The molecule has 6 nitrogen and oxygen atoms in total. The molecule has 0 saturated heterocycles. The number of rotatable bonds is 7. The number of carbonyl (C=O) groups is 1. The second-order valence-electron chi connectivity index (χ2n) is 6.91. The number of thiazole rings is 1. The van der Waals surface area contributed by atoms with Crippen LogP contribution in [0.2, 0.25) is 5.02 Å². The van der Waals surface area contributed by atoms with Crippen LogP contribution in [0.5, 0.6) is 0 Å². The number of nitrogens with zero attached hydrogens (tertiary/aromatic N) is 4. The van der Waals surface area contributed by atoms with Gasteiger partial charge in [0.25, 0.3) is 0 Å². The van der Waals surface area contributed by atoms with Crippen molar-refractivity contribution in [1.82, 2.24) is 19.7 Å². The van der Waals surface area contributed by atoms with E-state index in [0.717, 1.165) is 38.5 Å². The number of para-hydroxylation sites is 1. The number of aryl methyl sites for hydroxylation is 1. The molecule has 4 rings (SSSR count). The molecule has 2 aromatic carbocycles. The highest BCUT2D eigenvalue weighted by molar-refractivity contribution is 7.98. The average molecular weight is 470 g/mol. The molecule has 4 aromatic rings. The van der Waals surface area contributed by atoms with Gasteiger partial charge in [-0.25, -0.2) is 4.98 Å². The summed E-state index contributed by atoms with van der Waals surface area (Å²) in [6.07, 6.45) is 0.254. The molecular formula is C22H20ClN5OS2. The first kappa shape index (κ1) is 21.5. The number of thioether (sulfide) groups is 1. The standard InChI is InChI=1S/C22H20ClN5OS2/c1-14-7-3-6-10-18(14)25-19(29)11-20-24-15(12-30-20)13-31-22-27-26-21(28(22)2)16-8-4-5-9-17(16)23/h3-10,12H,11,13H2,1-2H3,(H,25,29). The molecule has 158 valence electrons. The zero-order chi connectivity index (χ0) is 21.8. The highest BCUT2D eigenvalue weighted by Crippen LogP contribution is 2.29. The fourth-order valence-electron chi connectivity index (χ4n) is 3.00. The maximum atomic E-state index is 12.4. The number of anilines is 1. The number of aromatic nitrogens is 4. The molecule has 0 unspecified atom stereocenters. The van der Waals surface area contributed by atoms with Crippen LogP contribution < -0.4 is 5.32 Å². The number of carbonyl (C=O) groups excluding carboxylic acids is 1. The number of hydrogen-bond donors (Lipinski definition) is 1. The lowest BCUT2D eigenvalue weighted by atomic mass is 10.2. The molecule has 0 aliphatic rings. The monoisotopic (exact) mass is 469 g/mol. The van der Waals surface area contributed by atoms with Crippen LogP contribution in [0.3, 0.4) is 0 Å². The molecule has 0 fully saturated rings. The van der Waals surface area contributed by atoms with Gasteiger partial charge < -0.3 is 9.88 Å². The molecule has 0 spiro atoms. The normalized spacial score (nSPS) is 10.9. The Labute approximate surface area is 193 Å². The van der Waals surface area contributed by atoms with E-state index in [9.17, 15) is 4.79 Å². The molecule has 0 bridgehead atoms. The van der Waals surface area contributed by atoms with Crippen molar-refractivity contribution in [2.24, 2.45) is 7.05 Å². The zero-order valence-corrected chi connectivity index (χ0v) is 19.4. The molecule has 1 amide bonds. The van der Waals surface area contributed by atoms with Gasteiger partial charge in [-0.15, -0.1) is 21.5 Å². The van der Waals surface area contributed by atoms with Crippen LogP contribution in [0.15, 0.2) is 59.1 Å². The van der Waals surface area contributed by atoms with Crippen molar-refractivity contribution in [2.75, 3.05) is 5.32 Å². The summed E-state index contributed by atoms with van der Waals surface area (Å²) in [5.41, 5.74) is 3.63. The molecule has 0 atom stereocenters. The van der Waals surface area contributed by atoms with Crippen LogP contribution >= 0.6 is 34.7 Å². The zero-order valence-electron chi connectivity index (χ0n) is 17.0. The van der Waals surface area contributed by atoms with E-state index in [-0.39, 0.29) is 12.3 Å². The summed E-state index contributed by atoms with van der Waals surface area (Å²) >= 11 is 9.33. The summed E-state index contributed by atoms with van der Waals surface area (Å²) in [5.74, 6) is 1.30. The minimum absolute atomic E-state index is 0.0689. The third-order valence-corrected chi connectivity index (χ3v) is 6.91. The van der Waals surface area contributed by atoms with Crippen molar-refractivity contribution in [3.63, 3.8) is 0 Å². The highest BCUT2D eigenvalue weighted by Gasteiger charge is 2.15. The maximum Gasteiger partial charge on any atom is 0.231 e. The maximum absolute atomic E-state index is 12.4. The second kappa shape index (κ2) is 9.64. The van der Waals surface area contributed by atoms with E-state index in [4.69, 9.17) is 11.6 Å². The largest absolute Gasteiger partial charge is 0.325 e. The van der Waals surface area contributed by atoms with Gasteiger partial charge in [0, 0.05) is 29.4 Å². The Hall–Kier alpha value is -2.68. The minimum atomic E-state index is -0.0689. The van der Waals surface area contributed by atoms with Gasteiger partial charge in [-0.3, -0.25) is 4.79 Å². The molecule has 0 aliphatic heterocycles. The van der Waals surface area contributed by atoms with E-state index in [1.807, 2.05) is 72.4 Å². The van der Waals surface area contributed by atoms with E-state index in [1.165, 1.54) is 11.3 Å². The second-order valence-corrected chi connectivity index (χ2v) is 9.20. The molecule has 1 N–H and O–H groups in total. The molecule has 2 heterocycles. The summed E-state index contributed by atoms with van der Waals surface area (Å²) in [5, 5.41) is 15.7. The Balaban J connectivity index is 1.36. The Morgan fingerprint density at radius 3 is 2.74 bits per heavy atom. The van der Waals surface area contributed by atoms with Crippen LogP contribution in [0.1, 0.15) is 16.3 Å². The number of hydrogen-bond acceptors (Lipinski definition) is 6. The molecule has 31 heavy (non-hydrogen) atoms. The molecule has 9 heteroatoms. The number of amides is 1. The predicted molar refractivity (Wildman–Crippen MR) is 127 cm³/mol. The van der Waals surface area contributed by atoms with Crippen molar-refractivity contribution >= 4 is 46.3 Å². The van der Waals surface area contributed by atoms with E-state index < -0.39 is 0 Å². The van der Waals surface area contributed by atoms with Crippen molar-refractivity contribution in [3.05, 3.63) is 75.2 Å². The number of benzene rings is 2. The Kier molecular flexibility index (Phi) is 6.70. The van der Waals surface area contributed by atoms with Crippen LogP contribution in [-0.2, 0) is 24.0 Å². The summed E-state index contributed by atoms with van der Waals surface area (Å²) < 4.78 is 1.93. The molecular weight excluding hydrogens is 450 g/mol. The van der Waals surface area contributed by atoms with Gasteiger partial charge in [0.15, 0.2) is 11.0 Å². The van der Waals surface area contributed by atoms with Gasteiger partial charge in [0.05, 0.1) is 17.1 Å². The molecule has 0 saturated carbocycles. The summed E-state index contributed by atoms with van der Waals surface area (Å²) in [6, 6.07) is 15.3. The van der Waals surface area contributed by atoms with E-state index >= 15 is 0 Å². The first-order valence-electron chi connectivity index (χ1n) is 9.57. The average Bonchev–Trinajstić information content (AvgIpc) is 3.35. The number of halogens is 1. The summed E-state index contributed by atoms with van der Waals surface area (Å²) in [4.78, 5) is 16.9. The lowest BCUT2D eigenvalue weighted by molar-refractivity contribution is -0.115. The van der Waals surface area contributed by atoms with Gasteiger partial charge in [0.1, 0.15) is 5.01 Å². The smallest absolute Gasteiger partial charge is 0.231 e. The summed E-state index contributed by atoms with van der Waals surface area (Å²) in [6.45, 7) is 1.97. The van der Waals surface area contributed by atoms with Gasteiger partial charge in [-0.2, -0.15) is 0 Å². The van der Waals surface area contributed by atoms with Gasteiger partial charge in [-0.1, -0.05) is 53.7 Å². The van der Waals surface area contributed by atoms with Crippen molar-refractivity contribution in [2.45, 2.75) is 24.3 Å². The van der Waals surface area contributed by atoms with E-state index in [2.05, 4.69) is 20.5 Å². The van der Waals surface area contributed by atoms with Crippen LogP contribution in [0.4, 0.5) is 5.69 Å². The van der Waals surface area contributed by atoms with Crippen LogP contribution in [0.25, 0.3) is 11.4 Å². The third kappa shape index (κ3) is 5.15. The van der Waals surface area contributed by atoms with Crippen molar-refractivity contribution < 1.29 is 4.79 Å². The van der Waals surface area contributed by atoms with E-state index in [0.29, 0.717) is 10.8 Å². The minimum Gasteiger partial charge on any atom is -0.325 e. The quantitative estimate of drug-likeness (QED) is 0.368. The SMILES string of the molecule is Cc1ccccc1NC(=O)Cc1nc(CSc2nnc(-c3ccccc3Cl)n2C)cs1. The topological polar surface area (TPSA) is 72.7 Å². The first-order valence-corrected chi connectivity index (χ1v) is 11.8. The van der Waals surface area contributed by atoms with Crippen LogP contribution in [0, 0.1) is 6.92 Å². The molecule has 0 aliphatic carbocycles. The lowest BCUT2D eigenvalue weighted by Crippen LogP contribution is -2.15. The molecule has 0 radical (unpaired) electrons. The Morgan fingerprint density at radius 2 is 1.94 bits per heavy atom. The van der Waals surface area contributed by atoms with Gasteiger partial charge in [0.2, 0.25) is 5.91 Å². The lowest BCUT2D eigenvalue weighted by Gasteiger charge is -2.06. The summed E-state index contributed by atoms with van der Waals surface area (Å²) in [7, 11) is 1.92. The van der Waals surface area contributed by atoms with E-state index in [1.54, 1.807) is 11.8 Å². The highest BCUT2D eigenvalue weighted by atomic mass is 35.5. The first-order chi connectivity index (χ1) is 15.0. The Morgan fingerprint density at radius 1 is 1.16 bits per heavy atom. The van der Waals surface area contributed by atoms with Gasteiger partial charge in [-0.05, 0) is 30.7 Å². The fourth-order valence-corrected chi connectivity index (χ4v) is 4.92. The number of nitrogens with one attached hydrogen (secondary N) is 1.